The Bertz CT molecular complexity index is 173. The van der Waals surface area contributed by atoms with Crippen molar-refractivity contribution in [2.24, 2.45) is 11.8 Å². The highest BCUT2D eigenvalue weighted by molar-refractivity contribution is 5.78. The Morgan fingerprint density at radius 3 is 2.00 bits per heavy atom. The summed E-state index contributed by atoms with van der Waals surface area (Å²) in [7, 11) is 0. The summed E-state index contributed by atoms with van der Waals surface area (Å²) in [5.41, 5.74) is 0. The summed E-state index contributed by atoms with van der Waals surface area (Å²) in [5, 5.41) is 3.10. The predicted octanol–water partition coefficient (Wildman–Crippen LogP) is 3.36. The number of carbonyl (C=O) groups excluding carboxylic acids is 1. The van der Waals surface area contributed by atoms with Gasteiger partial charge in [-0.3, -0.25) is 4.79 Å². The minimum atomic E-state index is 0.200. The summed E-state index contributed by atoms with van der Waals surface area (Å²) in [4.78, 5) is 11.7. The lowest BCUT2D eigenvalue weighted by Crippen LogP contribution is -2.37. The maximum absolute atomic E-state index is 11.7. The summed E-state index contributed by atoms with van der Waals surface area (Å²) < 4.78 is 0. The van der Waals surface area contributed by atoms with Crippen molar-refractivity contribution in [3.05, 3.63) is 0 Å². The minimum absolute atomic E-state index is 0.200. The summed E-state index contributed by atoms with van der Waals surface area (Å²) in [5.74, 6) is 1.15. The van der Waals surface area contributed by atoms with E-state index in [9.17, 15) is 4.79 Å². The average molecular weight is 213 g/mol. The molecule has 1 atom stereocenters. The van der Waals surface area contributed by atoms with Crippen LogP contribution in [0.4, 0.5) is 0 Å². The van der Waals surface area contributed by atoms with Gasteiger partial charge in [0.15, 0.2) is 0 Å². The van der Waals surface area contributed by atoms with Crippen molar-refractivity contribution in [3.8, 4) is 0 Å². The molecule has 0 heterocycles. The summed E-state index contributed by atoms with van der Waals surface area (Å²) >= 11 is 0. The molecule has 0 aliphatic heterocycles. The van der Waals surface area contributed by atoms with Gasteiger partial charge in [0, 0.05) is 12.0 Å². The standard InChI is InChI=1S/C13H27NO/c1-6-12(7-2)13(15)14-11(5)9-8-10(3)4/h10-12H,6-9H2,1-5H3,(H,14,15). The molecular formula is C13H27NO. The molecule has 0 rings (SSSR count). The van der Waals surface area contributed by atoms with Crippen LogP contribution in [0.1, 0.15) is 60.3 Å². The second kappa shape index (κ2) is 7.72. The quantitative estimate of drug-likeness (QED) is 0.690. The van der Waals surface area contributed by atoms with Crippen LogP contribution in [-0.2, 0) is 4.79 Å². The van der Waals surface area contributed by atoms with Crippen molar-refractivity contribution in [2.45, 2.75) is 66.3 Å². The zero-order valence-electron chi connectivity index (χ0n) is 11.0. The summed E-state index contributed by atoms with van der Waals surface area (Å²) in [6.45, 7) is 10.7. The molecular weight excluding hydrogens is 186 g/mol. The molecule has 2 heteroatoms. The van der Waals surface area contributed by atoms with Crippen LogP contribution in [0.5, 0.6) is 0 Å². The van der Waals surface area contributed by atoms with Crippen LogP contribution in [-0.4, -0.2) is 11.9 Å². The maximum atomic E-state index is 11.7. The summed E-state index contributed by atoms with van der Waals surface area (Å²) in [6, 6.07) is 0.320. The van der Waals surface area contributed by atoms with Crippen LogP contribution in [0.25, 0.3) is 0 Å². The normalized spacial score (nSPS) is 13.3. The monoisotopic (exact) mass is 213 g/mol. The number of amides is 1. The van der Waals surface area contributed by atoms with Gasteiger partial charge in [-0.2, -0.15) is 0 Å². The van der Waals surface area contributed by atoms with Crippen LogP contribution < -0.4 is 5.32 Å². The molecule has 0 bridgehead atoms. The lowest BCUT2D eigenvalue weighted by atomic mass is 10.0. The fourth-order valence-corrected chi connectivity index (χ4v) is 1.68. The molecule has 1 N–H and O–H groups in total. The Kier molecular flexibility index (Phi) is 7.45. The van der Waals surface area contributed by atoms with Gasteiger partial charge >= 0.3 is 0 Å². The van der Waals surface area contributed by atoms with E-state index in [1.807, 2.05) is 0 Å². The highest BCUT2D eigenvalue weighted by atomic mass is 16.1. The first-order chi connectivity index (χ1) is 7.01. The number of nitrogens with one attached hydrogen (secondary N) is 1. The molecule has 0 aromatic rings. The summed E-state index contributed by atoms with van der Waals surface area (Å²) in [6.07, 6.45) is 4.16. The molecule has 15 heavy (non-hydrogen) atoms. The first kappa shape index (κ1) is 14.5. The highest BCUT2D eigenvalue weighted by Gasteiger charge is 2.15. The second-order valence-corrected chi connectivity index (χ2v) is 4.89. The molecule has 90 valence electrons. The van der Waals surface area contributed by atoms with Crippen LogP contribution in [0.2, 0.25) is 0 Å². The van der Waals surface area contributed by atoms with Gasteiger partial charge < -0.3 is 5.32 Å². The zero-order chi connectivity index (χ0) is 11.8. The second-order valence-electron chi connectivity index (χ2n) is 4.89. The lowest BCUT2D eigenvalue weighted by Gasteiger charge is -2.18. The van der Waals surface area contributed by atoms with E-state index in [4.69, 9.17) is 0 Å². The first-order valence-corrected chi connectivity index (χ1v) is 6.31. The van der Waals surface area contributed by atoms with Gasteiger partial charge in [0.05, 0.1) is 0 Å². The third-order valence-corrected chi connectivity index (χ3v) is 2.92. The number of hydrogen-bond acceptors (Lipinski definition) is 1. The highest BCUT2D eigenvalue weighted by Crippen LogP contribution is 2.10. The molecule has 0 saturated carbocycles. The van der Waals surface area contributed by atoms with Crippen molar-refractivity contribution >= 4 is 5.91 Å². The third kappa shape index (κ3) is 6.53. The topological polar surface area (TPSA) is 29.1 Å². The number of rotatable bonds is 7. The van der Waals surface area contributed by atoms with Crippen LogP contribution >= 0.6 is 0 Å². The van der Waals surface area contributed by atoms with Gasteiger partial charge in [0.25, 0.3) is 0 Å². The van der Waals surface area contributed by atoms with Gasteiger partial charge in [0.1, 0.15) is 0 Å². The van der Waals surface area contributed by atoms with Crippen LogP contribution in [0.15, 0.2) is 0 Å². The number of hydrogen-bond donors (Lipinski definition) is 1. The van der Waals surface area contributed by atoms with Crippen molar-refractivity contribution in [2.75, 3.05) is 0 Å². The molecule has 0 saturated heterocycles. The van der Waals surface area contributed by atoms with Gasteiger partial charge in [-0.25, -0.2) is 0 Å². The Balaban J connectivity index is 3.84. The molecule has 0 fully saturated rings. The Morgan fingerprint density at radius 1 is 1.07 bits per heavy atom. The van der Waals surface area contributed by atoms with Crippen molar-refractivity contribution in [1.82, 2.24) is 5.32 Å². The van der Waals surface area contributed by atoms with Crippen LogP contribution in [0.3, 0.4) is 0 Å². The molecule has 1 amide bonds. The van der Waals surface area contributed by atoms with Gasteiger partial charge in [-0.05, 0) is 38.5 Å². The third-order valence-electron chi connectivity index (χ3n) is 2.92. The Morgan fingerprint density at radius 2 is 1.60 bits per heavy atom. The van der Waals surface area contributed by atoms with E-state index < -0.39 is 0 Å². The first-order valence-electron chi connectivity index (χ1n) is 6.31. The number of carbonyl (C=O) groups is 1. The van der Waals surface area contributed by atoms with E-state index in [0.29, 0.717) is 6.04 Å². The molecule has 0 aliphatic rings. The zero-order valence-corrected chi connectivity index (χ0v) is 11.0. The predicted molar refractivity (Wildman–Crippen MR) is 65.7 cm³/mol. The molecule has 1 unspecified atom stereocenters. The average Bonchev–Trinajstić information content (AvgIpc) is 2.16. The van der Waals surface area contributed by atoms with Gasteiger partial charge in [-0.1, -0.05) is 27.7 Å². The lowest BCUT2D eigenvalue weighted by molar-refractivity contribution is -0.125. The molecule has 0 spiro atoms. The molecule has 0 radical (unpaired) electrons. The van der Waals surface area contributed by atoms with E-state index in [-0.39, 0.29) is 11.8 Å². The molecule has 0 aliphatic carbocycles. The Labute approximate surface area is 94.8 Å². The molecule has 2 nitrogen and oxygen atoms in total. The van der Waals surface area contributed by atoms with E-state index in [1.165, 1.54) is 6.42 Å². The van der Waals surface area contributed by atoms with E-state index in [2.05, 4.69) is 39.9 Å². The Hall–Kier alpha value is -0.530. The minimum Gasteiger partial charge on any atom is -0.353 e. The largest absolute Gasteiger partial charge is 0.353 e. The maximum Gasteiger partial charge on any atom is 0.223 e. The van der Waals surface area contributed by atoms with Crippen molar-refractivity contribution in [1.29, 1.82) is 0 Å². The van der Waals surface area contributed by atoms with Crippen molar-refractivity contribution in [3.63, 3.8) is 0 Å². The molecule has 0 aromatic carbocycles. The van der Waals surface area contributed by atoms with E-state index in [1.54, 1.807) is 0 Å². The van der Waals surface area contributed by atoms with Crippen molar-refractivity contribution < 1.29 is 4.79 Å². The van der Waals surface area contributed by atoms with Crippen LogP contribution in [0, 0.1) is 11.8 Å². The smallest absolute Gasteiger partial charge is 0.223 e. The fourth-order valence-electron chi connectivity index (χ4n) is 1.68. The fraction of sp³-hybridized carbons (Fsp3) is 0.923. The van der Waals surface area contributed by atoms with Gasteiger partial charge in [0.2, 0.25) is 5.91 Å². The SMILES string of the molecule is CCC(CC)C(=O)NC(C)CCC(C)C. The van der Waals surface area contributed by atoms with E-state index in [0.717, 1.165) is 25.2 Å². The molecule has 0 aromatic heterocycles. The van der Waals surface area contributed by atoms with Gasteiger partial charge in [-0.15, -0.1) is 0 Å². The van der Waals surface area contributed by atoms with E-state index >= 15 is 0 Å².